The van der Waals surface area contributed by atoms with Crippen LogP contribution in [0, 0.1) is 11.8 Å². The van der Waals surface area contributed by atoms with Crippen LogP contribution in [-0.4, -0.2) is 24.9 Å². The molecule has 5 heteroatoms. The van der Waals surface area contributed by atoms with Gasteiger partial charge in [-0.05, 0) is 44.4 Å². The predicted octanol–water partition coefficient (Wildman–Crippen LogP) is 3.25. The number of alkyl halides is 3. The molecular weight excluding hydrogens is 243 g/mol. The zero-order valence-corrected chi connectivity index (χ0v) is 10.6. The Morgan fingerprint density at radius 3 is 2.44 bits per heavy atom. The predicted molar refractivity (Wildman–Crippen MR) is 63.1 cm³/mol. The molecule has 18 heavy (non-hydrogen) atoms. The van der Waals surface area contributed by atoms with Gasteiger partial charge in [-0.1, -0.05) is 6.42 Å². The Morgan fingerprint density at radius 1 is 1.17 bits per heavy atom. The van der Waals surface area contributed by atoms with Gasteiger partial charge in [0.15, 0.2) is 0 Å². The molecule has 2 N–H and O–H groups in total. The average Bonchev–Trinajstić information content (AvgIpc) is 2.28. The van der Waals surface area contributed by atoms with E-state index in [0.717, 1.165) is 38.9 Å². The van der Waals surface area contributed by atoms with Crippen molar-refractivity contribution in [2.75, 3.05) is 13.2 Å². The minimum absolute atomic E-state index is 0.105. The smallest absolute Gasteiger partial charge is 0.381 e. The highest BCUT2D eigenvalue weighted by atomic mass is 19.4. The first-order chi connectivity index (χ1) is 8.39. The molecule has 1 saturated heterocycles. The maximum absolute atomic E-state index is 12.8. The summed E-state index contributed by atoms with van der Waals surface area (Å²) in [5.74, 6) is -0.758. The molecule has 2 aliphatic rings. The van der Waals surface area contributed by atoms with Crippen LogP contribution >= 0.6 is 0 Å². The lowest BCUT2D eigenvalue weighted by Gasteiger charge is -2.41. The van der Waals surface area contributed by atoms with E-state index in [0.29, 0.717) is 12.3 Å². The van der Waals surface area contributed by atoms with Gasteiger partial charge < -0.3 is 10.5 Å². The van der Waals surface area contributed by atoms with Crippen LogP contribution in [0.2, 0.25) is 0 Å². The highest BCUT2D eigenvalue weighted by molar-refractivity contribution is 4.94. The number of nitrogens with two attached hydrogens (primary N) is 1. The Kier molecular flexibility index (Phi) is 4.22. The summed E-state index contributed by atoms with van der Waals surface area (Å²) < 4.78 is 43.6. The van der Waals surface area contributed by atoms with Crippen molar-refractivity contribution in [3.05, 3.63) is 0 Å². The lowest BCUT2D eigenvalue weighted by atomic mass is 9.71. The van der Waals surface area contributed by atoms with Crippen molar-refractivity contribution in [1.82, 2.24) is 0 Å². The Morgan fingerprint density at radius 2 is 1.83 bits per heavy atom. The van der Waals surface area contributed by atoms with Gasteiger partial charge in [-0.2, -0.15) is 13.2 Å². The van der Waals surface area contributed by atoms with Crippen LogP contribution in [0.15, 0.2) is 0 Å². The standard InChI is InChI=1S/C13H22F3NO/c14-13(15,16)11-2-1-5-12(17,9-11)8-10-3-6-18-7-4-10/h10-11H,1-9,17H2. The molecule has 106 valence electrons. The topological polar surface area (TPSA) is 35.2 Å². The SMILES string of the molecule is NC1(CC2CCOCC2)CCCC(C(F)(F)F)C1. The lowest BCUT2D eigenvalue weighted by molar-refractivity contribution is -0.187. The van der Waals surface area contributed by atoms with Crippen LogP contribution < -0.4 is 5.73 Å². The maximum atomic E-state index is 12.8. The highest BCUT2D eigenvalue weighted by Gasteiger charge is 2.46. The molecule has 0 aromatic carbocycles. The molecule has 2 fully saturated rings. The van der Waals surface area contributed by atoms with Crippen LogP contribution in [-0.2, 0) is 4.74 Å². The summed E-state index contributed by atoms with van der Waals surface area (Å²) in [5, 5.41) is 0. The zero-order valence-electron chi connectivity index (χ0n) is 10.6. The van der Waals surface area contributed by atoms with Crippen molar-refractivity contribution in [2.24, 2.45) is 17.6 Å². The Balaban J connectivity index is 1.92. The molecule has 2 atom stereocenters. The van der Waals surface area contributed by atoms with Crippen molar-refractivity contribution in [2.45, 2.75) is 56.7 Å². The zero-order chi connectivity index (χ0) is 13.2. The molecule has 2 rings (SSSR count). The van der Waals surface area contributed by atoms with E-state index in [1.807, 2.05) is 0 Å². The molecule has 0 spiro atoms. The molecule has 0 bridgehead atoms. The van der Waals surface area contributed by atoms with E-state index in [1.54, 1.807) is 0 Å². The minimum atomic E-state index is -4.08. The summed E-state index contributed by atoms with van der Waals surface area (Å²) in [6, 6.07) is 0. The van der Waals surface area contributed by atoms with E-state index in [4.69, 9.17) is 10.5 Å². The first-order valence-electron chi connectivity index (χ1n) is 6.82. The van der Waals surface area contributed by atoms with Crippen LogP contribution in [0.25, 0.3) is 0 Å². The Hall–Kier alpha value is -0.290. The largest absolute Gasteiger partial charge is 0.391 e. The molecule has 1 heterocycles. The number of ether oxygens (including phenoxy) is 1. The van der Waals surface area contributed by atoms with Gasteiger partial charge in [-0.15, -0.1) is 0 Å². The van der Waals surface area contributed by atoms with Crippen molar-refractivity contribution < 1.29 is 17.9 Å². The third-order valence-corrected chi connectivity index (χ3v) is 4.38. The van der Waals surface area contributed by atoms with E-state index >= 15 is 0 Å². The van der Waals surface area contributed by atoms with Gasteiger partial charge in [0.05, 0.1) is 5.92 Å². The van der Waals surface area contributed by atoms with Gasteiger partial charge in [0, 0.05) is 18.8 Å². The number of halogens is 3. The Labute approximate surface area is 106 Å². The third-order valence-electron chi connectivity index (χ3n) is 4.38. The summed E-state index contributed by atoms with van der Waals surface area (Å²) >= 11 is 0. The summed E-state index contributed by atoms with van der Waals surface area (Å²) in [6.07, 6.45) is 0.208. The molecule has 1 aliphatic carbocycles. The van der Waals surface area contributed by atoms with Crippen LogP contribution in [0.1, 0.15) is 44.9 Å². The average molecular weight is 265 g/mol. The molecule has 2 unspecified atom stereocenters. The van der Waals surface area contributed by atoms with E-state index in [1.165, 1.54) is 0 Å². The van der Waals surface area contributed by atoms with E-state index in [-0.39, 0.29) is 12.8 Å². The molecule has 0 amide bonds. The fourth-order valence-corrected chi connectivity index (χ4v) is 3.39. The van der Waals surface area contributed by atoms with Crippen molar-refractivity contribution in [3.63, 3.8) is 0 Å². The fourth-order valence-electron chi connectivity index (χ4n) is 3.39. The number of hydrogen-bond donors (Lipinski definition) is 1. The van der Waals surface area contributed by atoms with E-state index in [9.17, 15) is 13.2 Å². The second kappa shape index (κ2) is 5.37. The second-order valence-electron chi connectivity index (χ2n) is 5.96. The van der Waals surface area contributed by atoms with E-state index in [2.05, 4.69) is 0 Å². The summed E-state index contributed by atoms with van der Waals surface area (Å²) in [4.78, 5) is 0. The monoisotopic (exact) mass is 265 g/mol. The summed E-state index contributed by atoms with van der Waals surface area (Å²) in [6.45, 7) is 1.45. The van der Waals surface area contributed by atoms with Crippen molar-refractivity contribution >= 4 is 0 Å². The quantitative estimate of drug-likeness (QED) is 0.831. The molecule has 1 saturated carbocycles. The van der Waals surface area contributed by atoms with Crippen LogP contribution in [0.4, 0.5) is 13.2 Å². The molecule has 0 aromatic rings. The van der Waals surface area contributed by atoms with Gasteiger partial charge in [-0.25, -0.2) is 0 Å². The molecule has 0 aromatic heterocycles. The van der Waals surface area contributed by atoms with Gasteiger partial charge in [-0.3, -0.25) is 0 Å². The second-order valence-corrected chi connectivity index (χ2v) is 5.96. The van der Waals surface area contributed by atoms with Gasteiger partial charge in [0.1, 0.15) is 0 Å². The maximum Gasteiger partial charge on any atom is 0.391 e. The van der Waals surface area contributed by atoms with E-state index < -0.39 is 17.6 Å². The number of hydrogen-bond acceptors (Lipinski definition) is 2. The Bertz CT molecular complexity index is 276. The van der Waals surface area contributed by atoms with Crippen LogP contribution in [0.5, 0.6) is 0 Å². The first kappa shape index (κ1) is 14.1. The van der Waals surface area contributed by atoms with Crippen LogP contribution in [0.3, 0.4) is 0 Å². The molecule has 0 radical (unpaired) electrons. The lowest BCUT2D eigenvalue weighted by Crippen LogP contribution is -2.48. The van der Waals surface area contributed by atoms with Gasteiger partial charge in [0.2, 0.25) is 0 Å². The fraction of sp³-hybridized carbons (Fsp3) is 1.00. The molecule has 2 nitrogen and oxygen atoms in total. The summed E-state index contributed by atoms with van der Waals surface area (Å²) in [7, 11) is 0. The highest BCUT2D eigenvalue weighted by Crippen LogP contribution is 2.43. The minimum Gasteiger partial charge on any atom is -0.381 e. The molecular formula is C13H22F3NO. The molecule has 1 aliphatic heterocycles. The normalized spacial score (nSPS) is 35.7. The number of rotatable bonds is 2. The first-order valence-corrected chi connectivity index (χ1v) is 6.82. The van der Waals surface area contributed by atoms with Crippen molar-refractivity contribution in [1.29, 1.82) is 0 Å². The van der Waals surface area contributed by atoms with Gasteiger partial charge in [0.25, 0.3) is 0 Å². The third kappa shape index (κ3) is 3.60. The van der Waals surface area contributed by atoms with Gasteiger partial charge >= 0.3 is 6.18 Å². The summed E-state index contributed by atoms with van der Waals surface area (Å²) in [5.41, 5.74) is 5.63. The van der Waals surface area contributed by atoms with Crippen molar-refractivity contribution in [3.8, 4) is 0 Å².